The summed E-state index contributed by atoms with van der Waals surface area (Å²) in [4.78, 5) is 38.5. The Balaban J connectivity index is 1.78. The van der Waals surface area contributed by atoms with Crippen molar-refractivity contribution in [1.29, 1.82) is 0 Å². The highest BCUT2D eigenvalue weighted by atomic mass is 19.1. The maximum Gasteiger partial charge on any atom is 0.416 e. The van der Waals surface area contributed by atoms with E-state index in [1.807, 2.05) is 0 Å². The number of aromatic amines is 1. The molecule has 0 saturated heterocycles. The van der Waals surface area contributed by atoms with Crippen molar-refractivity contribution in [3.05, 3.63) is 53.1 Å². The number of hydrogen-bond acceptors (Lipinski definition) is 6. The highest BCUT2D eigenvalue weighted by Gasteiger charge is 2.29. The maximum absolute atomic E-state index is 14.2. The fraction of sp³-hybridized carbons (Fsp3) is 0.333. The van der Waals surface area contributed by atoms with Crippen molar-refractivity contribution in [3.8, 4) is 11.4 Å². The summed E-state index contributed by atoms with van der Waals surface area (Å²) in [5.74, 6) is -0.458. The van der Waals surface area contributed by atoms with Gasteiger partial charge in [-0.05, 0) is 45.9 Å². The zero-order valence-corrected chi connectivity index (χ0v) is 19.7. The number of ether oxygens (including phenoxy) is 1. The summed E-state index contributed by atoms with van der Waals surface area (Å²) in [6.07, 6.45) is 1.53. The lowest BCUT2D eigenvalue weighted by atomic mass is 10.1. The number of aromatic nitrogens is 3. The number of amides is 2. The summed E-state index contributed by atoms with van der Waals surface area (Å²) in [7, 11) is 1.52. The lowest BCUT2D eigenvalue weighted by Crippen LogP contribution is -2.35. The third kappa shape index (κ3) is 4.57. The highest BCUT2D eigenvalue weighted by molar-refractivity contribution is 6.06. The van der Waals surface area contributed by atoms with Crippen LogP contribution in [0.2, 0.25) is 0 Å². The van der Waals surface area contributed by atoms with Crippen LogP contribution in [0.5, 0.6) is 0 Å². The monoisotopic (exact) mass is 466 g/mol. The molecule has 9 nitrogen and oxygen atoms in total. The summed E-state index contributed by atoms with van der Waals surface area (Å²) >= 11 is 0. The minimum absolute atomic E-state index is 0.136. The molecule has 2 aromatic heterocycles. The topological polar surface area (TPSA) is 112 Å². The molecule has 2 amide bonds. The molecule has 178 valence electrons. The van der Waals surface area contributed by atoms with Crippen LogP contribution in [0.1, 0.15) is 42.4 Å². The van der Waals surface area contributed by atoms with Crippen LogP contribution in [0.4, 0.5) is 26.5 Å². The summed E-state index contributed by atoms with van der Waals surface area (Å²) in [6, 6.07) is 6.39. The summed E-state index contributed by atoms with van der Waals surface area (Å²) in [5, 5.41) is 6.07. The van der Waals surface area contributed by atoms with Gasteiger partial charge in [0.2, 0.25) is 5.95 Å². The van der Waals surface area contributed by atoms with E-state index in [2.05, 4.69) is 25.6 Å². The number of fused-ring (bicyclic) bond motifs is 1. The van der Waals surface area contributed by atoms with Crippen molar-refractivity contribution in [2.24, 2.45) is 0 Å². The van der Waals surface area contributed by atoms with Gasteiger partial charge >= 0.3 is 6.09 Å². The number of halogens is 1. The zero-order chi connectivity index (χ0) is 24.6. The smallest absolute Gasteiger partial charge is 0.416 e. The minimum atomic E-state index is -0.672. The van der Waals surface area contributed by atoms with Crippen LogP contribution < -0.4 is 15.5 Å². The van der Waals surface area contributed by atoms with E-state index < -0.39 is 11.7 Å². The molecule has 0 unspecified atom stereocenters. The van der Waals surface area contributed by atoms with Crippen molar-refractivity contribution in [2.45, 2.75) is 39.7 Å². The van der Waals surface area contributed by atoms with Gasteiger partial charge in [0.05, 0.1) is 22.6 Å². The number of nitrogens with zero attached hydrogens (tertiary/aromatic N) is 3. The predicted octanol–water partition coefficient (Wildman–Crippen LogP) is 4.32. The number of hydrogen-bond donors (Lipinski definition) is 3. The molecular weight excluding hydrogens is 439 g/mol. The van der Waals surface area contributed by atoms with E-state index in [0.717, 1.165) is 5.69 Å². The molecule has 0 atom stereocenters. The lowest BCUT2D eigenvalue weighted by Gasteiger charge is -2.23. The van der Waals surface area contributed by atoms with Gasteiger partial charge < -0.3 is 20.4 Å². The fourth-order valence-corrected chi connectivity index (χ4v) is 3.64. The maximum atomic E-state index is 14.2. The second-order valence-electron chi connectivity index (χ2n) is 9.05. The van der Waals surface area contributed by atoms with Crippen LogP contribution in [0.25, 0.3) is 11.4 Å². The van der Waals surface area contributed by atoms with Crippen molar-refractivity contribution < 1.29 is 18.7 Å². The molecule has 4 rings (SSSR count). The molecule has 0 aliphatic carbocycles. The van der Waals surface area contributed by atoms with Crippen molar-refractivity contribution in [2.75, 3.05) is 23.8 Å². The highest BCUT2D eigenvalue weighted by Crippen LogP contribution is 2.37. The Morgan fingerprint density at radius 3 is 2.76 bits per heavy atom. The third-order valence-corrected chi connectivity index (χ3v) is 5.36. The van der Waals surface area contributed by atoms with E-state index in [0.29, 0.717) is 46.9 Å². The van der Waals surface area contributed by atoms with E-state index in [1.54, 1.807) is 45.9 Å². The summed E-state index contributed by atoms with van der Waals surface area (Å²) < 4.78 is 19.6. The molecule has 1 aromatic carbocycles. The van der Waals surface area contributed by atoms with E-state index in [-0.39, 0.29) is 17.7 Å². The van der Waals surface area contributed by atoms with E-state index in [9.17, 15) is 14.0 Å². The Hall–Kier alpha value is -3.95. The first-order chi connectivity index (χ1) is 16.0. The first-order valence-electron chi connectivity index (χ1n) is 10.9. The van der Waals surface area contributed by atoms with Crippen LogP contribution >= 0.6 is 0 Å². The Morgan fingerprint density at radius 2 is 2.03 bits per heavy atom. The molecule has 0 spiro atoms. The number of nitrogens with one attached hydrogen (secondary N) is 3. The van der Waals surface area contributed by atoms with Crippen LogP contribution in [-0.2, 0) is 11.2 Å². The van der Waals surface area contributed by atoms with Crippen LogP contribution in [0.15, 0.2) is 30.5 Å². The molecule has 1 aliphatic rings. The molecule has 0 bridgehead atoms. The van der Waals surface area contributed by atoms with Crippen molar-refractivity contribution >= 4 is 29.3 Å². The minimum Gasteiger partial charge on any atom is -0.443 e. The SMILES string of the molecule is Cc1c(F)cccc1Nc1c(-c2ccnc(N(C)C(=O)OC(C)(C)C)n2)[nH]c2c1C(=O)NCC2. The van der Waals surface area contributed by atoms with Crippen LogP contribution in [-0.4, -0.2) is 46.1 Å². The number of rotatable bonds is 4. The van der Waals surface area contributed by atoms with Gasteiger partial charge in [0.15, 0.2) is 0 Å². The Bertz CT molecular complexity index is 1260. The van der Waals surface area contributed by atoms with Gasteiger partial charge in [0, 0.05) is 43.2 Å². The summed E-state index contributed by atoms with van der Waals surface area (Å²) in [5.41, 5.74) is 2.95. The first-order valence-corrected chi connectivity index (χ1v) is 10.9. The third-order valence-electron chi connectivity index (χ3n) is 5.36. The molecule has 34 heavy (non-hydrogen) atoms. The molecule has 0 radical (unpaired) electrons. The fourth-order valence-electron chi connectivity index (χ4n) is 3.64. The number of H-pyrrole nitrogens is 1. The van der Waals surface area contributed by atoms with Crippen LogP contribution in [0, 0.1) is 12.7 Å². The van der Waals surface area contributed by atoms with E-state index in [1.165, 1.54) is 24.2 Å². The quantitative estimate of drug-likeness (QED) is 0.528. The lowest BCUT2D eigenvalue weighted by molar-refractivity contribution is 0.0587. The molecule has 1 aliphatic heterocycles. The average Bonchev–Trinajstić information content (AvgIpc) is 3.15. The molecule has 0 fully saturated rings. The van der Waals surface area contributed by atoms with Crippen molar-refractivity contribution in [1.82, 2.24) is 20.3 Å². The normalized spacial score (nSPS) is 13.2. The number of carbonyl (C=O) groups is 2. The largest absolute Gasteiger partial charge is 0.443 e. The van der Waals surface area contributed by atoms with Gasteiger partial charge in [-0.3, -0.25) is 4.79 Å². The van der Waals surface area contributed by atoms with Gasteiger partial charge in [-0.15, -0.1) is 0 Å². The predicted molar refractivity (Wildman–Crippen MR) is 127 cm³/mol. The number of anilines is 3. The second-order valence-corrected chi connectivity index (χ2v) is 9.05. The average molecular weight is 467 g/mol. The Morgan fingerprint density at radius 1 is 1.26 bits per heavy atom. The molecule has 3 aromatic rings. The Labute approximate surface area is 196 Å². The van der Waals surface area contributed by atoms with Gasteiger partial charge in [-0.25, -0.2) is 24.1 Å². The number of carbonyl (C=O) groups excluding carboxylic acids is 2. The van der Waals surface area contributed by atoms with E-state index >= 15 is 0 Å². The number of benzene rings is 1. The first kappa shape index (κ1) is 23.2. The zero-order valence-electron chi connectivity index (χ0n) is 19.7. The molecule has 3 heterocycles. The van der Waals surface area contributed by atoms with Gasteiger partial charge in [0.1, 0.15) is 11.4 Å². The van der Waals surface area contributed by atoms with Gasteiger partial charge in [-0.2, -0.15) is 0 Å². The molecule has 10 heteroatoms. The molecule has 0 saturated carbocycles. The van der Waals surface area contributed by atoms with Gasteiger partial charge in [0.25, 0.3) is 5.91 Å². The van der Waals surface area contributed by atoms with Crippen LogP contribution in [0.3, 0.4) is 0 Å². The second kappa shape index (κ2) is 8.77. The van der Waals surface area contributed by atoms with E-state index in [4.69, 9.17) is 4.74 Å². The summed E-state index contributed by atoms with van der Waals surface area (Å²) in [6.45, 7) is 7.49. The van der Waals surface area contributed by atoms with Gasteiger partial charge in [-0.1, -0.05) is 6.07 Å². The standard InChI is InChI=1S/C24H27FN6O3/c1-13-14(25)7-6-8-15(13)28-20-18-16(9-11-26-21(18)32)29-19(20)17-10-12-27-22(30-17)31(5)23(33)34-24(2,3)4/h6-8,10,12,28-29H,9,11H2,1-5H3,(H,26,32). The molecule has 3 N–H and O–H groups in total. The Kier molecular flexibility index (Phi) is 5.99. The van der Waals surface area contributed by atoms with Crippen molar-refractivity contribution in [3.63, 3.8) is 0 Å². The molecular formula is C24H27FN6O3.